The highest BCUT2D eigenvalue weighted by molar-refractivity contribution is 8.76. The summed E-state index contributed by atoms with van der Waals surface area (Å²) in [5, 5.41) is 8.22. The second-order valence-corrected chi connectivity index (χ2v) is 4.46. The van der Waals surface area contributed by atoms with Crippen LogP contribution >= 0.6 is 33.2 Å². The van der Waals surface area contributed by atoms with E-state index in [-0.39, 0.29) is 12.4 Å². The van der Waals surface area contributed by atoms with Crippen molar-refractivity contribution in [2.24, 2.45) is 0 Å². The summed E-state index contributed by atoms with van der Waals surface area (Å²) in [5.41, 5.74) is -0.834. The molecule has 0 unspecified atom stereocenters. The molecule has 4 nitrogen and oxygen atoms in total. The van der Waals surface area contributed by atoms with Crippen molar-refractivity contribution in [1.82, 2.24) is 0 Å². The van der Waals surface area contributed by atoms with Crippen LogP contribution in [0, 0.1) is 0 Å². The van der Waals surface area contributed by atoms with Gasteiger partial charge in [0.05, 0.1) is 0 Å². The molecule has 0 aliphatic heterocycles. The summed E-state index contributed by atoms with van der Waals surface area (Å²) in [5.74, 6) is -0.280. The Morgan fingerprint density at radius 2 is 2.08 bits per heavy atom. The van der Waals surface area contributed by atoms with Gasteiger partial charge < -0.3 is 9.84 Å². The Balaban J connectivity index is 3.01. The molecule has 0 aliphatic carbocycles. The van der Waals surface area contributed by atoms with Crippen LogP contribution in [-0.4, -0.2) is 34.6 Å². The Hall–Kier alpha value is -0.0700. The third kappa shape index (κ3) is 9.93. The van der Waals surface area contributed by atoms with Crippen LogP contribution in [0.3, 0.4) is 0 Å². The van der Waals surface area contributed by atoms with Crippen molar-refractivity contribution in [2.45, 2.75) is 0 Å². The molecule has 0 atom stereocenters. The first-order chi connectivity index (χ1) is 5.63. The summed E-state index contributed by atoms with van der Waals surface area (Å²) in [6.07, 6.45) is 0. The van der Waals surface area contributed by atoms with Gasteiger partial charge in [-0.2, -0.15) is 0 Å². The monoisotopic (exact) mass is 230 g/mol. The first kappa shape index (κ1) is 11.9. The van der Waals surface area contributed by atoms with Crippen LogP contribution in [0.5, 0.6) is 0 Å². The van der Waals surface area contributed by atoms with Gasteiger partial charge in [-0.25, -0.2) is 4.79 Å². The van der Waals surface area contributed by atoms with E-state index in [9.17, 15) is 9.59 Å². The Morgan fingerprint density at radius 1 is 1.42 bits per heavy atom. The smallest absolute Gasteiger partial charge is 0.403 e. The molecule has 0 fully saturated rings. The third-order valence-electron chi connectivity index (χ3n) is 0.648. The standard InChI is InChI=1S/C5H7ClO4S2/c6-5(9)10-1-2-11-12-3-4(7)8/h1-3H2,(H,7,8). The second-order valence-electron chi connectivity index (χ2n) is 1.56. The number of aliphatic carboxylic acids is 1. The minimum atomic E-state index is -0.859. The van der Waals surface area contributed by atoms with Crippen LogP contribution in [0.25, 0.3) is 0 Å². The van der Waals surface area contributed by atoms with Gasteiger partial charge in [0.25, 0.3) is 0 Å². The number of carboxylic acid groups (broad SMARTS) is 1. The minimum Gasteiger partial charge on any atom is -0.481 e. The van der Waals surface area contributed by atoms with Gasteiger partial charge in [0.15, 0.2) is 0 Å². The van der Waals surface area contributed by atoms with Crippen molar-refractivity contribution in [2.75, 3.05) is 18.1 Å². The molecule has 0 aromatic carbocycles. The molecule has 0 saturated heterocycles. The molecule has 0 aromatic rings. The van der Waals surface area contributed by atoms with Gasteiger partial charge in [0.1, 0.15) is 12.4 Å². The SMILES string of the molecule is O=C(O)CSSCCOC(=O)Cl. The fourth-order valence-electron chi connectivity index (χ4n) is 0.307. The van der Waals surface area contributed by atoms with Gasteiger partial charge in [-0.1, -0.05) is 21.6 Å². The molecule has 7 heteroatoms. The van der Waals surface area contributed by atoms with Crippen molar-refractivity contribution < 1.29 is 19.4 Å². The lowest BCUT2D eigenvalue weighted by molar-refractivity contribution is -0.133. The summed E-state index contributed by atoms with van der Waals surface area (Å²) in [6.45, 7) is 0.208. The van der Waals surface area contributed by atoms with E-state index >= 15 is 0 Å². The quantitative estimate of drug-likeness (QED) is 0.427. The Kier molecular flexibility index (Phi) is 7.53. The first-order valence-electron chi connectivity index (χ1n) is 2.91. The average Bonchev–Trinajstić information content (AvgIpc) is 1.95. The summed E-state index contributed by atoms with van der Waals surface area (Å²) in [6, 6.07) is 0. The highest BCUT2D eigenvalue weighted by atomic mass is 35.5. The lowest BCUT2D eigenvalue weighted by Gasteiger charge is -1.98. The number of carbonyl (C=O) groups excluding carboxylic acids is 1. The molecule has 0 aliphatic rings. The number of hydrogen-bond acceptors (Lipinski definition) is 5. The highest BCUT2D eigenvalue weighted by Crippen LogP contribution is 2.19. The fraction of sp³-hybridized carbons (Fsp3) is 0.600. The van der Waals surface area contributed by atoms with E-state index in [0.29, 0.717) is 5.75 Å². The summed E-state index contributed by atoms with van der Waals surface area (Å²) >= 11 is 4.87. The van der Waals surface area contributed by atoms with Crippen LogP contribution in [-0.2, 0) is 9.53 Å². The Bertz CT molecular complexity index is 146. The fourth-order valence-corrected chi connectivity index (χ4v) is 1.95. The van der Waals surface area contributed by atoms with Gasteiger partial charge in [-0.3, -0.25) is 4.79 Å². The second kappa shape index (κ2) is 7.57. The largest absolute Gasteiger partial charge is 0.481 e. The van der Waals surface area contributed by atoms with Crippen molar-refractivity contribution >= 4 is 44.6 Å². The predicted molar refractivity (Wildman–Crippen MR) is 49.8 cm³/mol. The maximum atomic E-state index is 10.0. The zero-order valence-electron chi connectivity index (χ0n) is 5.99. The Morgan fingerprint density at radius 3 is 2.58 bits per heavy atom. The molecular formula is C5H7ClO4S2. The molecule has 0 heterocycles. The summed E-state index contributed by atoms with van der Waals surface area (Å²) < 4.78 is 4.39. The minimum absolute atomic E-state index is 0.0412. The summed E-state index contributed by atoms with van der Waals surface area (Å²) in [7, 11) is 2.52. The summed E-state index contributed by atoms with van der Waals surface area (Å²) in [4.78, 5) is 20.0. The zero-order chi connectivity index (χ0) is 9.40. The first-order valence-corrected chi connectivity index (χ1v) is 5.78. The Labute approximate surface area is 82.4 Å². The maximum Gasteiger partial charge on any atom is 0.403 e. The molecule has 0 amide bonds. The van der Waals surface area contributed by atoms with E-state index in [1.54, 1.807) is 0 Å². The third-order valence-corrected chi connectivity index (χ3v) is 2.98. The number of hydrogen-bond donors (Lipinski definition) is 1. The number of carboxylic acids is 1. The molecule has 0 saturated carbocycles. The zero-order valence-corrected chi connectivity index (χ0v) is 8.38. The van der Waals surface area contributed by atoms with Crippen LogP contribution in [0.4, 0.5) is 4.79 Å². The van der Waals surface area contributed by atoms with E-state index in [4.69, 9.17) is 16.7 Å². The molecule has 0 spiro atoms. The van der Waals surface area contributed by atoms with Crippen LogP contribution in [0.1, 0.15) is 0 Å². The van der Waals surface area contributed by atoms with E-state index in [2.05, 4.69) is 4.74 Å². The molecule has 0 radical (unpaired) electrons. The normalized spacial score (nSPS) is 9.42. The van der Waals surface area contributed by atoms with Crippen molar-refractivity contribution in [3.63, 3.8) is 0 Å². The molecule has 0 bridgehead atoms. The van der Waals surface area contributed by atoms with Crippen molar-refractivity contribution in [3.05, 3.63) is 0 Å². The van der Waals surface area contributed by atoms with Gasteiger partial charge in [-0.05, 0) is 0 Å². The molecule has 12 heavy (non-hydrogen) atoms. The maximum absolute atomic E-state index is 10.0. The van der Waals surface area contributed by atoms with E-state index in [1.807, 2.05) is 0 Å². The number of halogens is 1. The van der Waals surface area contributed by atoms with Gasteiger partial charge in [0, 0.05) is 17.4 Å². The number of rotatable bonds is 6. The molecule has 70 valence electrons. The topological polar surface area (TPSA) is 63.6 Å². The van der Waals surface area contributed by atoms with E-state index in [1.165, 1.54) is 21.6 Å². The highest BCUT2D eigenvalue weighted by Gasteiger charge is 1.98. The number of ether oxygens (including phenoxy) is 1. The van der Waals surface area contributed by atoms with Gasteiger partial charge >= 0.3 is 11.4 Å². The van der Waals surface area contributed by atoms with Crippen molar-refractivity contribution in [3.8, 4) is 0 Å². The lowest BCUT2D eigenvalue weighted by Crippen LogP contribution is -1.99. The predicted octanol–water partition coefficient (Wildman–Crippen LogP) is 1.83. The lowest BCUT2D eigenvalue weighted by atomic mass is 10.8. The number of carbonyl (C=O) groups is 2. The van der Waals surface area contributed by atoms with Crippen LogP contribution < -0.4 is 0 Å². The van der Waals surface area contributed by atoms with Gasteiger partial charge in [0.2, 0.25) is 0 Å². The van der Waals surface area contributed by atoms with Crippen LogP contribution in [0.2, 0.25) is 0 Å². The van der Waals surface area contributed by atoms with Gasteiger partial charge in [-0.15, -0.1) is 0 Å². The van der Waals surface area contributed by atoms with E-state index < -0.39 is 11.4 Å². The van der Waals surface area contributed by atoms with E-state index in [0.717, 1.165) is 0 Å². The average molecular weight is 231 g/mol. The molecule has 0 aromatic heterocycles. The van der Waals surface area contributed by atoms with Crippen molar-refractivity contribution in [1.29, 1.82) is 0 Å². The molecular weight excluding hydrogens is 224 g/mol. The molecule has 1 N–H and O–H groups in total. The molecule has 0 rings (SSSR count). The van der Waals surface area contributed by atoms with Crippen LogP contribution in [0.15, 0.2) is 0 Å².